The van der Waals surface area contributed by atoms with E-state index in [0.29, 0.717) is 12.3 Å². The molecule has 6 nitrogen and oxygen atoms in total. The molecule has 2 heterocycles. The van der Waals surface area contributed by atoms with Crippen LogP contribution in [0.1, 0.15) is 50.7 Å². The number of amides is 1. The molecule has 3 rings (SSSR count). The summed E-state index contributed by atoms with van der Waals surface area (Å²) in [6.45, 7) is 10.7. The molecular weight excluding hydrogens is 374 g/mol. The topological polar surface area (TPSA) is 74.0 Å². The summed E-state index contributed by atoms with van der Waals surface area (Å²) in [6, 6.07) is 8.96. The first-order valence-corrected chi connectivity index (χ1v) is 11.5. The van der Waals surface area contributed by atoms with Crippen LogP contribution in [-0.4, -0.2) is 54.9 Å². The number of carbonyl (C=O) groups excluding carboxylic acids is 1. The number of primary amides is 1. The number of guanidine groups is 1. The highest BCUT2D eigenvalue weighted by Gasteiger charge is 2.24. The van der Waals surface area contributed by atoms with Crippen molar-refractivity contribution in [3.63, 3.8) is 0 Å². The fraction of sp³-hybridized carbons (Fsp3) is 0.667. The number of benzene rings is 1. The maximum Gasteiger partial charge on any atom is 0.217 e. The summed E-state index contributed by atoms with van der Waals surface area (Å²) in [7, 11) is 1.82. The van der Waals surface area contributed by atoms with Crippen molar-refractivity contribution in [1.82, 2.24) is 15.1 Å². The zero-order chi connectivity index (χ0) is 21.5. The van der Waals surface area contributed by atoms with Crippen molar-refractivity contribution in [3.05, 3.63) is 35.4 Å². The van der Waals surface area contributed by atoms with Gasteiger partial charge in [-0.3, -0.25) is 14.7 Å². The van der Waals surface area contributed by atoms with Crippen molar-refractivity contribution in [2.75, 3.05) is 33.2 Å². The Morgan fingerprint density at radius 1 is 1.13 bits per heavy atom. The molecule has 0 radical (unpaired) electrons. The first-order chi connectivity index (χ1) is 14.4. The van der Waals surface area contributed by atoms with E-state index in [1.54, 1.807) is 0 Å². The van der Waals surface area contributed by atoms with E-state index in [2.05, 4.69) is 58.2 Å². The lowest BCUT2D eigenvalue weighted by Gasteiger charge is -2.35. The summed E-state index contributed by atoms with van der Waals surface area (Å²) in [5.41, 5.74) is 8.03. The molecule has 3 unspecified atom stereocenters. The van der Waals surface area contributed by atoms with Gasteiger partial charge in [0.05, 0.1) is 0 Å². The third-order valence-corrected chi connectivity index (χ3v) is 6.34. The standard InChI is InChI=1S/C24H39N5O/c1-18-11-19(2)15-28(14-18)16-21-8-6-20(7-9-21)13-27-24(26-3)29-10-4-5-22(17-29)12-23(25)30/h6-9,18-19,22H,4-5,10-17H2,1-3H3,(H2,25,30)(H,26,27). The largest absolute Gasteiger partial charge is 0.370 e. The molecule has 3 N–H and O–H groups in total. The average Bonchev–Trinajstić information content (AvgIpc) is 2.69. The second-order valence-electron chi connectivity index (χ2n) is 9.48. The van der Waals surface area contributed by atoms with Crippen molar-refractivity contribution in [1.29, 1.82) is 0 Å². The first-order valence-electron chi connectivity index (χ1n) is 11.5. The summed E-state index contributed by atoms with van der Waals surface area (Å²) in [6.07, 6.45) is 3.94. The second-order valence-corrected chi connectivity index (χ2v) is 9.48. The monoisotopic (exact) mass is 413 g/mol. The number of likely N-dealkylation sites (tertiary alicyclic amines) is 2. The van der Waals surface area contributed by atoms with Crippen LogP contribution in [0, 0.1) is 17.8 Å². The third-order valence-electron chi connectivity index (χ3n) is 6.34. The van der Waals surface area contributed by atoms with Crippen LogP contribution < -0.4 is 11.1 Å². The number of hydrogen-bond acceptors (Lipinski definition) is 3. The van der Waals surface area contributed by atoms with Gasteiger partial charge in [-0.05, 0) is 48.1 Å². The Morgan fingerprint density at radius 2 is 1.80 bits per heavy atom. The van der Waals surface area contributed by atoms with Crippen LogP contribution in [0.5, 0.6) is 0 Å². The number of piperidine rings is 2. The molecule has 6 heteroatoms. The van der Waals surface area contributed by atoms with E-state index in [1.165, 1.54) is 30.6 Å². The molecule has 166 valence electrons. The van der Waals surface area contributed by atoms with Crippen LogP contribution >= 0.6 is 0 Å². The molecule has 2 fully saturated rings. The number of nitrogens with one attached hydrogen (secondary N) is 1. The van der Waals surface area contributed by atoms with Gasteiger partial charge in [-0.1, -0.05) is 38.1 Å². The molecule has 3 atom stereocenters. The van der Waals surface area contributed by atoms with Crippen LogP contribution in [0.3, 0.4) is 0 Å². The summed E-state index contributed by atoms with van der Waals surface area (Å²) < 4.78 is 0. The molecule has 30 heavy (non-hydrogen) atoms. The minimum atomic E-state index is -0.210. The second kappa shape index (κ2) is 10.8. The van der Waals surface area contributed by atoms with Gasteiger partial charge in [-0.15, -0.1) is 0 Å². The molecule has 2 aliphatic heterocycles. The van der Waals surface area contributed by atoms with Gasteiger partial charge in [0.2, 0.25) is 5.91 Å². The lowest BCUT2D eigenvalue weighted by molar-refractivity contribution is -0.119. The van der Waals surface area contributed by atoms with Gasteiger partial charge in [-0.25, -0.2) is 0 Å². The predicted molar refractivity (Wildman–Crippen MR) is 123 cm³/mol. The van der Waals surface area contributed by atoms with E-state index in [0.717, 1.165) is 56.8 Å². The minimum absolute atomic E-state index is 0.210. The highest BCUT2D eigenvalue weighted by Crippen LogP contribution is 2.23. The number of rotatable bonds is 6. The SMILES string of the molecule is CN=C(NCc1ccc(CN2CC(C)CC(C)C2)cc1)N1CCCC(CC(N)=O)C1. The van der Waals surface area contributed by atoms with Gasteiger partial charge in [0.1, 0.15) is 0 Å². The predicted octanol–water partition coefficient (Wildman–Crippen LogP) is 2.83. The molecule has 1 aromatic rings. The van der Waals surface area contributed by atoms with Crippen molar-refractivity contribution < 1.29 is 4.79 Å². The quantitative estimate of drug-likeness (QED) is 0.556. The number of aliphatic imine (C=N–C) groups is 1. The Hall–Kier alpha value is -2.08. The van der Waals surface area contributed by atoms with E-state index in [1.807, 2.05) is 7.05 Å². The fourth-order valence-electron chi connectivity index (χ4n) is 5.16. The molecule has 0 saturated carbocycles. The maximum atomic E-state index is 11.3. The Bertz CT molecular complexity index is 707. The molecular formula is C24H39N5O. The lowest BCUT2D eigenvalue weighted by Crippen LogP contribution is -2.46. The lowest BCUT2D eigenvalue weighted by atomic mass is 9.91. The van der Waals surface area contributed by atoms with Crippen molar-refractivity contribution in [3.8, 4) is 0 Å². The van der Waals surface area contributed by atoms with Crippen LogP contribution in [0.2, 0.25) is 0 Å². The normalized spacial score (nSPS) is 25.9. The Balaban J connectivity index is 1.49. The van der Waals surface area contributed by atoms with Crippen LogP contribution in [-0.2, 0) is 17.9 Å². The summed E-state index contributed by atoms with van der Waals surface area (Å²) in [5.74, 6) is 2.61. The van der Waals surface area contributed by atoms with E-state index < -0.39 is 0 Å². The highest BCUT2D eigenvalue weighted by molar-refractivity contribution is 5.80. The summed E-state index contributed by atoms with van der Waals surface area (Å²) >= 11 is 0. The molecule has 0 bridgehead atoms. The van der Waals surface area contributed by atoms with Gasteiger partial charge in [0.15, 0.2) is 5.96 Å². The van der Waals surface area contributed by atoms with E-state index in [-0.39, 0.29) is 5.91 Å². The Labute approximate surface area is 181 Å². The van der Waals surface area contributed by atoms with Crippen molar-refractivity contribution >= 4 is 11.9 Å². The zero-order valence-corrected chi connectivity index (χ0v) is 18.9. The van der Waals surface area contributed by atoms with Gasteiger partial charge < -0.3 is 16.0 Å². The van der Waals surface area contributed by atoms with Gasteiger partial charge in [-0.2, -0.15) is 0 Å². The fourth-order valence-corrected chi connectivity index (χ4v) is 5.16. The maximum absolute atomic E-state index is 11.3. The third kappa shape index (κ3) is 6.73. The minimum Gasteiger partial charge on any atom is -0.370 e. The molecule has 1 amide bonds. The number of hydrogen-bond donors (Lipinski definition) is 2. The Kier molecular flexibility index (Phi) is 8.14. The van der Waals surface area contributed by atoms with Gasteiger partial charge in [0.25, 0.3) is 0 Å². The zero-order valence-electron chi connectivity index (χ0n) is 18.9. The number of nitrogens with zero attached hydrogens (tertiary/aromatic N) is 3. The van der Waals surface area contributed by atoms with Crippen LogP contribution in [0.25, 0.3) is 0 Å². The molecule has 0 aliphatic carbocycles. The number of nitrogens with two attached hydrogens (primary N) is 1. The smallest absolute Gasteiger partial charge is 0.217 e. The van der Waals surface area contributed by atoms with Crippen LogP contribution in [0.4, 0.5) is 0 Å². The first kappa shape index (κ1) is 22.6. The molecule has 2 aliphatic rings. The summed E-state index contributed by atoms with van der Waals surface area (Å²) in [5, 5.41) is 3.49. The average molecular weight is 414 g/mol. The van der Waals surface area contributed by atoms with Gasteiger partial charge in [0, 0.05) is 52.7 Å². The number of carbonyl (C=O) groups is 1. The highest BCUT2D eigenvalue weighted by atomic mass is 16.1. The molecule has 2 saturated heterocycles. The molecule has 0 spiro atoms. The molecule has 0 aromatic heterocycles. The van der Waals surface area contributed by atoms with Crippen LogP contribution in [0.15, 0.2) is 29.3 Å². The van der Waals surface area contributed by atoms with E-state index in [9.17, 15) is 4.79 Å². The molecule has 1 aromatic carbocycles. The van der Waals surface area contributed by atoms with Crippen molar-refractivity contribution in [2.24, 2.45) is 28.5 Å². The Morgan fingerprint density at radius 3 is 2.43 bits per heavy atom. The summed E-state index contributed by atoms with van der Waals surface area (Å²) in [4.78, 5) is 20.6. The van der Waals surface area contributed by atoms with E-state index >= 15 is 0 Å². The van der Waals surface area contributed by atoms with E-state index in [4.69, 9.17) is 5.73 Å². The van der Waals surface area contributed by atoms with Crippen molar-refractivity contribution in [2.45, 2.75) is 52.6 Å². The van der Waals surface area contributed by atoms with Gasteiger partial charge >= 0.3 is 0 Å².